The van der Waals surface area contributed by atoms with Gasteiger partial charge in [0, 0.05) is 23.6 Å². The molecule has 0 bridgehead atoms. The van der Waals surface area contributed by atoms with Crippen LogP contribution in [0.15, 0.2) is 22.7 Å². The number of nitrogens with zero attached hydrogens (tertiary/aromatic N) is 1. The number of benzene rings is 1. The average Bonchev–Trinajstić information content (AvgIpc) is 2.46. The third kappa shape index (κ3) is 5.38. The summed E-state index contributed by atoms with van der Waals surface area (Å²) in [5.74, 6) is -1.08. The number of hydrogen-bond donors (Lipinski definition) is 2. The minimum Gasteiger partial charge on any atom is -0.346 e. The molecule has 3 N–H and O–H groups in total. The van der Waals surface area contributed by atoms with Gasteiger partial charge in [-0.2, -0.15) is 0 Å². The number of rotatable bonds is 6. The third-order valence-corrected chi connectivity index (χ3v) is 3.77. The second-order valence-corrected chi connectivity index (χ2v) is 6.39. The van der Waals surface area contributed by atoms with Gasteiger partial charge in [-0.1, -0.05) is 29.8 Å². The van der Waals surface area contributed by atoms with Crippen LogP contribution >= 0.6 is 15.9 Å². The van der Waals surface area contributed by atoms with E-state index in [0.29, 0.717) is 5.56 Å². The van der Waals surface area contributed by atoms with Crippen LogP contribution in [0.2, 0.25) is 0 Å². The van der Waals surface area contributed by atoms with Crippen molar-refractivity contribution in [2.75, 3.05) is 13.6 Å². The van der Waals surface area contributed by atoms with E-state index in [1.807, 2.05) is 13.8 Å². The van der Waals surface area contributed by atoms with Crippen LogP contribution < -0.4 is 11.1 Å². The van der Waals surface area contributed by atoms with Crippen molar-refractivity contribution in [1.82, 2.24) is 10.2 Å². The first-order chi connectivity index (χ1) is 10.2. The Labute approximate surface area is 138 Å². The lowest BCUT2D eigenvalue weighted by molar-refractivity contribution is -0.132. The number of halogens is 2. The summed E-state index contributed by atoms with van der Waals surface area (Å²) in [5, 5.41) is 2.50. The summed E-state index contributed by atoms with van der Waals surface area (Å²) >= 11 is 3.26. The lowest BCUT2D eigenvalue weighted by atomic mass is 10.1. The van der Waals surface area contributed by atoms with Gasteiger partial charge in [0.05, 0.1) is 12.6 Å². The van der Waals surface area contributed by atoms with Crippen LogP contribution in [0.25, 0.3) is 0 Å². The van der Waals surface area contributed by atoms with E-state index in [1.54, 1.807) is 19.2 Å². The second-order valence-electron chi connectivity index (χ2n) is 5.47. The molecule has 0 radical (unpaired) electrons. The Morgan fingerprint density at radius 1 is 1.41 bits per heavy atom. The molecule has 5 nitrogen and oxygen atoms in total. The van der Waals surface area contributed by atoms with Crippen LogP contribution in [0.4, 0.5) is 4.39 Å². The van der Waals surface area contributed by atoms with E-state index < -0.39 is 6.04 Å². The molecule has 0 aromatic heterocycles. The Hall–Kier alpha value is -1.47. The smallest absolute Gasteiger partial charge is 0.242 e. The van der Waals surface area contributed by atoms with Gasteiger partial charge in [-0.15, -0.1) is 0 Å². The van der Waals surface area contributed by atoms with E-state index >= 15 is 0 Å². The van der Waals surface area contributed by atoms with Crippen LogP contribution in [-0.2, 0) is 16.1 Å². The van der Waals surface area contributed by atoms with Crippen molar-refractivity contribution < 1.29 is 14.0 Å². The van der Waals surface area contributed by atoms with Crippen LogP contribution in [0, 0.1) is 11.7 Å². The second kappa shape index (κ2) is 8.24. The SMILES string of the molecule is CC(C)[C@H](N)C(=O)NCC(=O)N(C)Cc1cc(Br)ccc1F. The molecule has 0 unspecified atom stereocenters. The van der Waals surface area contributed by atoms with Gasteiger partial charge in [-0.05, 0) is 24.1 Å². The first-order valence-electron chi connectivity index (χ1n) is 6.93. The van der Waals surface area contributed by atoms with Crippen LogP contribution in [0.5, 0.6) is 0 Å². The largest absolute Gasteiger partial charge is 0.346 e. The summed E-state index contributed by atoms with van der Waals surface area (Å²) in [5.41, 5.74) is 6.09. The zero-order chi connectivity index (χ0) is 16.9. The maximum Gasteiger partial charge on any atom is 0.242 e. The monoisotopic (exact) mass is 373 g/mol. The maximum atomic E-state index is 13.7. The Kier molecular flexibility index (Phi) is 6.96. The molecule has 0 aliphatic rings. The van der Waals surface area contributed by atoms with Gasteiger partial charge in [0.2, 0.25) is 11.8 Å². The summed E-state index contributed by atoms with van der Waals surface area (Å²) in [6.07, 6.45) is 0. The van der Waals surface area contributed by atoms with Gasteiger partial charge in [0.15, 0.2) is 0 Å². The number of carbonyl (C=O) groups is 2. The first kappa shape index (κ1) is 18.6. The predicted molar refractivity (Wildman–Crippen MR) is 86.4 cm³/mol. The number of carbonyl (C=O) groups excluding carboxylic acids is 2. The van der Waals surface area contributed by atoms with Crippen LogP contribution in [0.1, 0.15) is 19.4 Å². The molecule has 122 valence electrons. The van der Waals surface area contributed by atoms with Crippen LogP contribution in [-0.4, -0.2) is 36.3 Å². The first-order valence-corrected chi connectivity index (χ1v) is 7.72. The molecular weight excluding hydrogens is 353 g/mol. The minimum atomic E-state index is -0.652. The summed E-state index contributed by atoms with van der Waals surface area (Å²) in [6.45, 7) is 3.62. The number of likely N-dealkylation sites (N-methyl/N-ethyl adjacent to an activating group) is 1. The topological polar surface area (TPSA) is 75.4 Å². The number of nitrogens with two attached hydrogens (primary N) is 1. The Bertz CT molecular complexity index is 552. The normalized spacial score (nSPS) is 12.1. The number of nitrogens with one attached hydrogen (secondary N) is 1. The summed E-state index contributed by atoms with van der Waals surface area (Å²) in [6, 6.07) is 3.89. The third-order valence-electron chi connectivity index (χ3n) is 3.28. The molecule has 2 amide bonds. The van der Waals surface area contributed by atoms with Crippen molar-refractivity contribution in [1.29, 1.82) is 0 Å². The summed E-state index contributed by atoms with van der Waals surface area (Å²) in [4.78, 5) is 25.0. The van der Waals surface area contributed by atoms with Crippen molar-refractivity contribution in [3.8, 4) is 0 Å². The van der Waals surface area contributed by atoms with Gasteiger partial charge >= 0.3 is 0 Å². The van der Waals surface area contributed by atoms with Crippen LogP contribution in [0.3, 0.4) is 0 Å². The molecule has 0 fully saturated rings. The Morgan fingerprint density at radius 3 is 2.64 bits per heavy atom. The zero-order valence-corrected chi connectivity index (χ0v) is 14.5. The molecule has 0 saturated carbocycles. The van der Waals surface area contributed by atoms with Crippen molar-refractivity contribution in [2.45, 2.75) is 26.4 Å². The minimum absolute atomic E-state index is 0.0106. The van der Waals surface area contributed by atoms with E-state index in [9.17, 15) is 14.0 Å². The van der Waals surface area contributed by atoms with E-state index in [1.165, 1.54) is 11.0 Å². The molecule has 1 aromatic rings. The highest BCUT2D eigenvalue weighted by Gasteiger charge is 2.19. The van der Waals surface area contributed by atoms with Gasteiger partial charge < -0.3 is 16.0 Å². The summed E-state index contributed by atoms with van der Waals surface area (Å²) < 4.78 is 14.4. The molecule has 0 saturated heterocycles. The van der Waals surface area contributed by atoms with Gasteiger partial charge in [-0.3, -0.25) is 9.59 Å². The molecule has 7 heteroatoms. The number of amides is 2. The fraction of sp³-hybridized carbons (Fsp3) is 0.467. The molecule has 0 aliphatic carbocycles. The van der Waals surface area contributed by atoms with E-state index in [2.05, 4.69) is 21.2 Å². The van der Waals surface area contributed by atoms with Crippen molar-refractivity contribution in [2.24, 2.45) is 11.7 Å². The predicted octanol–water partition coefficient (Wildman–Crippen LogP) is 1.65. The quantitative estimate of drug-likeness (QED) is 0.795. The van der Waals surface area contributed by atoms with Crippen molar-refractivity contribution in [3.63, 3.8) is 0 Å². The van der Waals surface area contributed by atoms with Gasteiger partial charge in [0.1, 0.15) is 5.82 Å². The standard InChI is InChI=1S/C15H21BrFN3O2/c1-9(2)14(18)15(22)19-7-13(21)20(3)8-10-6-11(16)4-5-12(10)17/h4-6,9,14H,7-8,18H2,1-3H3,(H,19,22)/t14-/m0/s1. The lowest BCUT2D eigenvalue weighted by Gasteiger charge is -2.20. The van der Waals surface area contributed by atoms with E-state index in [4.69, 9.17) is 5.73 Å². The van der Waals surface area contributed by atoms with E-state index in [-0.39, 0.29) is 36.6 Å². The average molecular weight is 374 g/mol. The molecule has 1 aromatic carbocycles. The molecule has 0 aliphatic heterocycles. The van der Waals surface area contributed by atoms with Crippen molar-refractivity contribution >= 4 is 27.7 Å². The fourth-order valence-corrected chi connectivity index (χ4v) is 2.13. The van der Waals surface area contributed by atoms with Gasteiger partial charge in [-0.25, -0.2) is 4.39 Å². The fourth-order valence-electron chi connectivity index (χ4n) is 1.73. The number of hydrogen-bond acceptors (Lipinski definition) is 3. The highest BCUT2D eigenvalue weighted by Crippen LogP contribution is 2.16. The maximum absolute atomic E-state index is 13.7. The Morgan fingerprint density at radius 2 is 2.05 bits per heavy atom. The molecular formula is C15H21BrFN3O2. The highest BCUT2D eigenvalue weighted by atomic mass is 79.9. The Balaban J connectivity index is 2.55. The lowest BCUT2D eigenvalue weighted by Crippen LogP contribution is -2.47. The molecule has 1 atom stereocenters. The highest BCUT2D eigenvalue weighted by molar-refractivity contribution is 9.10. The van der Waals surface area contributed by atoms with Gasteiger partial charge in [0.25, 0.3) is 0 Å². The molecule has 0 heterocycles. The van der Waals surface area contributed by atoms with E-state index in [0.717, 1.165) is 4.47 Å². The molecule has 0 spiro atoms. The van der Waals surface area contributed by atoms with Crippen molar-refractivity contribution in [3.05, 3.63) is 34.1 Å². The summed E-state index contributed by atoms with van der Waals surface area (Å²) in [7, 11) is 1.55. The molecule has 22 heavy (non-hydrogen) atoms. The zero-order valence-electron chi connectivity index (χ0n) is 12.9. The molecule has 1 rings (SSSR count).